The predicted octanol–water partition coefficient (Wildman–Crippen LogP) is 1.45. The molecule has 6 heteroatoms. The summed E-state index contributed by atoms with van der Waals surface area (Å²) >= 11 is 1.33. The van der Waals surface area contributed by atoms with E-state index in [-0.39, 0.29) is 11.6 Å². The molecule has 0 radical (unpaired) electrons. The maximum atomic E-state index is 5.80. The van der Waals surface area contributed by atoms with Crippen LogP contribution in [0.25, 0.3) is 0 Å². The first kappa shape index (κ1) is 15.3. The maximum absolute atomic E-state index is 5.80. The van der Waals surface area contributed by atoms with E-state index in [9.17, 15) is 0 Å². The number of hydrogen-bond donors (Lipinski definition) is 0. The number of rotatable bonds is 5. The molecule has 0 aliphatic carbocycles. The average molecular weight is 388 g/mol. The Morgan fingerprint density at radius 2 is 1.22 bits per heavy atom. The van der Waals surface area contributed by atoms with Gasteiger partial charge in [0.05, 0.1) is 0 Å². The molecule has 0 bridgehead atoms. The summed E-state index contributed by atoms with van der Waals surface area (Å²) in [5.41, 5.74) is 0. The van der Waals surface area contributed by atoms with Gasteiger partial charge in [-0.1, -0.05) is 0 Å². The van der Waals surface area contributed by atoms with Gasteiger partial charge >= 0.3 is 121 Å². The summed E-state index contributed by atoms with van der Waals surface area (Å²) in [6.07, 6.45) is 0.609. The van der Waals surface area contributed by atoms with Crippen molar-refractivity contribution in [3.8, 4) is 0 Å². The zero-order valence-corrected chi connectivity index (χ0v) is 14.9. The van der Waals surface area contributed by atoms with Crippen molar-refractivity contribution in [1.82, 2.24) is 0 Å². The van der Waals surface area contributed by atoms with E-state index in [1.54, 1.807) is 0 Å². The minimum atomic E-state index is -0.375. The van der Waals surface area contributed by atoms with Gasteiger partial charge in [-0.3, -0.25) is 0 Å². The summed E-state index contributed by atoms with van der Waals surface area (Å²) in [5.74, 6) is -0.750. The predicted molar refractivity (Wildman–Crippen MR) is 70.9 cm³/mol. The second-order valence-corrected chi connectivity index (χ2v) is 13.0. The van der Waals surface area contributed by atoms with Gasteiger partial charge in [-0.2, -0.15) is 0 Å². The Morgan fingerprint density at radius 1 is 0.833 bits per heavy atom. The molecule has 0 saturated carbocycles. The SMILES string of the molecule is CC1(C)OC[C@H](C[Se][Se]C[C@H]2COC(C)(C)O2)O1. The third-order valence-electron chi connectivity index (χ3n) is 2.73. The Kier molecular flexibility index (Phi) is 5.18. The number of ether oxygens (including phenoxy) is 4. The summed E-state index contributed by atoms with van der Waals surface area (Å²) in [6.45, 7) is 9.43. The van der Waals surface area contributed by atoms with Crippen molar-refractivity contribution in [3.05, 3.63) is 0 Å². The molecule has 0 spiro atoms. The Bertz CT molecular complexity index is 255. The van der Waals surface area contributed by atoms with Crippen molar-refractivity contribution in [2.24, 2.45) is 0 Å². The van der Waals surface area contributed by atoms with Crippen molar-refractivity contribution >= 4 is 26.3 Å². The van der Waals surface area contributed by atoms with Crippen molar-refractivity contribution < 1.29 is 18.9 Å². The van der Waals surface area contributed by atoms with E-state index in [1.807, 2.05) is 27.7 Å². The molecule has 2 atom stereocenters. The zero-order valence-electron chi connectivity index (χ0n) is 11.4. The molecular weight excluding hydrogens is 366 g/mol. The molecule has 0 amide bonds. The summed E-state index contributed by atoms with van der Waals surface area (Å²) in [5, 5.41) is 2.32. The number of hydrogen-bond acceptors (Lipinski definition) is 4. The van der Waals surface area contributed by atoms with E-state index in [1.165, 1.54) is 0 Å². The van der Waals surface area contributed by atoms with Crippen LogP contribution in [0.5, 0.6) is 0 Å². The Balaban J connectivity index is 1.55. The third-order valence-corrected chi connectivity index (χ3v) is 9.99. The summed E-state index contributed by atoms with van der Waals surface area (Å²) in [6, 6.07) is 0. The molecule has 0 unspecified atom stereocenters. The molecule has 2 heterocycles. The molecule has 2 fully saturated rings. The van der Waals surface area contributed by atoms with Crippen molar-refractivity contribution in [2.75, 3.05) is 13.2 Å². The molecule has 0 aromatic heterocycles. The van der Waals surface area contributed by atoms with Crippen LogP contribution in [-0.4, -0.2) is 63.3 Å². The molecule has 106 valence electrons. The van der Waals surface area contributed by atoms with Crippen molar-refractivity contribution in [2.45, 2.75) is 62.1 Å². The van der Waals surface area contributed by atoms with E-state index < -0.39 is 0 Å². The molecule has 18 heavy (non-hydrogen) atoms. The molecule has 0 aromatic carbocycles. The Labute approximate surface area is 120 Å². The van der Waals surface area contributed by atoms with Gasteiger partial charge in [-0.15, -0.1) is 0 Å². The normalized spacial score (nSPS) is 34.0. The van der Waals surface area contributed by atoms with E-state index in [0.29, 0.717) is 38.5 Å². The first-order chi connectivity index (χ1) is 8.36. The molecule has 2 saturated heterocycles. The monoisotopic (exact) mass is 390 g/mol. The van der Waals surface area contributed by atoms with Gasteiger partial charge in [-0.05, 0) is 0 Å². The first-order valence-corrected chi connectivity index (χ1v) is 13.0. The summed E-state index contributed by atoms with van der Waals surface area (Å²) < 4.78 is 22.7. The molecule has 2 rings (SSSR count). The van der Waals surface area contributed by atoms with Gasteiger partial charge in [0.2, 0.25) is 0 Å². The van der Waals surface area contributed by atoms with Crippen molar-refractivity contribution in [1.29, 1.82) is 0 Å². The molecule has 0 N–H and O–H groups in total. The van der Waals surface area contributed by atoms with Gasteiger partial charge in [-0.25, -0.2) is 0 Å². The standard InChI is InChI=1S/C12H22O4Se2/c1-11(2)13-5-9(15-11)7-17-18-8-10-6-14-12(3,4)16-10/h9-10H,5-8H2,1-4H3/t9-,10-/m1/s1. The molecular formula is C12H22O4Se2. The molecule has 2 aliphatic heterocycles. The van der Waals surface area contributed by atoms with Crippen LogP contribution in [0.4, 0.5) is 0 Å². The van der Waals surface area contributed by atoms with E-state index in [0.717, 1.165) is 23.9 Å². The van der Waals surface area contributed by atoms with Gasteiger partial charge in [0.15, 0.2) is 0 Å². The topological polar surface area (TPSA) is 36.9 Å². The molecule has 4 nitrogen and oxygen atoms in total. The fourth-order valence-corrected chi connectivity index (χ4v) is 9.08. The third kappa shape index (κ3) is 4.77. The van der Waals surface area contributed by atoms with E-state index >= 15 is 0 Å². The average Bonchev–Trinajstić information content (AvgIpc) is 2.76. The minimum absolute atomic E-state index is 0.305. The fourth-order valence-electron chi connectivity index (χ4n) is 1.94. The zero-order chi connectivity index (χ0) is 13.2. The van der Waals surface area contributed by atoms with Gasteiger partial charge in [0.1, 0.15) is 0 Å². The van der Waals surface area contributed by atoms with Crippen LogP contribution in [0.2, 0.25) is 10.6 Å². The van der Waals surface area contributed by atoms with Crippen LogP contribution < -0.4 is 0 Å². The second kappa shape index (κ2) is 6.11. The first-order valence-electron chi connectivity index (χ1n) is 6.24. The van der Waals surface area contributed by atoms with Gasteiger partial charge in [0.25, 0.3) is 0 Å². The Morgan fingerprint density at radius 3 is 1.50 bits per heavy atom. The summed E-state index contributed by atoms with van der Waals surface area (Å²) in [7, 11) is 0. The quantitative estimate of drug-likeness (QED) is 0.528. The van der Waals surface area contributed by atoms with Crippen LogP contribution >= 0.6 is 0 Å². The van der Waals surface area contributed by atoms with Crippen LogP contribution in [0.15, 0.2) is 0 Å². The van der Waals surface area contributed by atoms with Crippen LogP contribution in [-0.2, 0) is 18.9 Å². The second-order valence-electron chi connectivity index (χ2n) is 5.47. The van der Waals surface area contributed by atoms with Crippen LogP contribution in [0.1, 0.15) is 27.7 Å². The molecule has 0 aromatic rings. The molecule has 2 aliphatic rings. The van der Waals surface area contributed by atoms with E-state index in [4.69, 9.17) is 18.9 Å². The fraction of sp³-hybridized carbons (Fsp3) is 1.00. The van der Waals surface area contributed by atoms with E-state index in [2.05, 4.69) is 0 Å². The van der Waals surface area contributed by atoms with Gasteiger partial charge in [0, 0.05) is 0 Å². The summed E-state index contributed by atoms with van der Waals surface area (Å²) in [4.78, 5) is 0. The van der Waals surface area contributed by atoms with Crippen LogP contribution in [0, 0.1) is 0 Å². The van der Waals surface area contributed by atoms with Crippen LogP contribution in [0.3, 0.4) is 0 Å². The Hall–Kier alpha value is 0.879. The van der Waals surface area contributed by atoms with Crippen molar-refractivity contribution in [3.63, 3.8) is 0 Å². The van der Waals surface area contributed by atoms with Gasteiger partial charge < -0.3 is 0 Å².